The summed E-state index contributed by atoms with van der Waals surface area (Å²) in [6, 6.07) is 1.81. The minimum absolute atomic E-state index is 0.0771. The molecule has 76 valence electrons. The summed E-state index contributed by atoms with van der Waals surface area (Å²) in [7, 11) is 0. The van der Waals surface area contributed by atoms with Crippen molar-refractivity contribution in [2.24, 2.45) is 0 Å². The molecule has 4 heteroatoms. The van der Waals surface area contributed by atoms with Crippen molar-refractivity contribution in [1.29, 1.82) is 0 Å². The Bertz CT molecular complexity index is 319. The highest BCUT2D eigenvalue weighted by molar-refractivity contribution is 6.31. The van der Waals surface area contributed by atoms with Crippen molar-refractivity contribution in [3.8, 4) is 0 Å². The lowest BCUT2D eigenvalue weighted by Gasteiger charge is -2.27. The normalized spacial score (nSPS) is 27.6. The molecule has 0 radical (unpaired) electrons. The number of alkyl halides is 1. The molecule has 0 saturated carbocycles. The number of halogens is 2. The van der Waals surface area contributed by atoms with Crippen molar-refractivity contribution in [2.45, 2.75) is 18.5 Å². The van der Waals surface area contributed by atoms with Crippen molar-refractivity contribution in [3.05, 3.63) is 29.0 Å². The Morgan fingerprint density at radius 3 is 3.14 bits per heavy atom. The van der Waals surface area contributed by atoms with E-state index in [9.17, 15) is 4.39 Å². The summed E-state index contributed by atoms with van der Waals surface area (Å²) in [5, 5.41) is 3.59. The molecule has 2 heterocycles. The molecular weight excluding hydrogens is 203 g/mol. The van der Waals surface area contributed by atoms with E-state index in [-0.39, 0.29) is 5.92 Å². The molecule has 0 spiro atoms. The summed E-state index contributed by atoms with van der Waals surface area (Å²) in [5.74, 6) is -0.0771. The second kappa shape index (κ2) is 4.24. The molecule has 1 aliphatic heterocycles. The van der Waals surface area contributed by atoms with E-state index in [1.165, 1.54) is 0 Å². The van der Waals surface area contributed by atoms with Gasteiger partial charge in [0.25, 0.3) is 0 Å². The van der Waals surface area contributed by atoms with Crippen LogP contribution in [0.5, 0.6) is 0 Å². The summed E-state index contributed by atoms with van der Waals surface area (Å²) in [6.45, 7) is 1.27. The van der Waals surface area contributed by atoms with Crippen LogP contribution in [0.15, 0.2) is 18.5 Å². The Balaban J connectivity index is 2.25. The van der Waals surface area contributed by atoms with Gasteiger partial charge in [-0.15, -0.1) is 0 Å². The number of aromatic nitrogens is 1. The minimum atomic E-state index is -0.844. The van der Waals surface area contributed by atoms with Crippen LogP contribution < -0.4 is 5.32 Å². The monoisotopic (exact) mass is 214 g/mol. The van der Waals surface area contributed by atoms with E-state index < -0.39 is 6.17 Å². The average molecular weight is 215 g/mol. The first-order valence-corrected chi connectivity index (χ1v) is 5.11. The molecule has 0 bridgehead atoms. The van der Waals surface area contributed by atoms with Crippen LogP contribution in [0.1, 0.15) is 17.9 Å². The van der Waals surface area contributed by atoms with Gasteiger partial charge in [-0.2, -0.15) is 0 Å². The van der Waals surface area contributed by atoms with Crippen LogP contribution in [0.25, 0.3) is 0 Å². The molecule has 2 unspecified atom stereocenters. The average Bonchev–Trinajstić information content (AvgIpc) is 2.20. The van der Waals surface area contributed by atoms with Crippen LogP contribution in [-0.2, 0) is 0 Å². The predicted molar refractivity (Wildman–Crippen MR) is 54.4 cm³/mol. The van der Waals surface area contributed by atoms with E-state index in [1.807, 2.05) is 6.07 Å². The van der Waals surface area contributed by atoms with Crippen LogP contribution in [0, 0.1) is 0 Å². The van der Waals surface area contributed by atoms with Crippen molar-refractivity contribution in [1.82, 2.24) is 10.3 Å². The highest BCUT2D eigenvalue weighted by atomic mass is 35.5. The lowest BCUT2D eigenvalue weighted by atomic mass is 9.89. The fraction of sp³-hybridized carbons (Fsp3) is 0.500. The third kappa shape index (κ3) is 1.88. The maximum Gasteiger partial charge on any atom is 0.119 e. The van der Waals surface area contributed by atoms with E-state index in [2.05, 4.69) is 10.3 Å². The highest BCUT2D eigenvalue weighted by Gasteiger charge is 2.27. The summed E-state index contributed by atoms with van der Waals surface area (Å²) < 4.78 is 13.6. The fourth-order valence-corrected chi connectivity index (χ4v) is 2.12. The predicted octanol–water partition coefficient (Wildman–Crippen LogP) is 2.15. The van der Waals surface area contributed by atoms with Gasteiger partial charge in [-0.25, -0.2) is 4.39 Å². The molecule has 1 saturated heterocycles. The van der Waals surface area contributed by atoms with Crippen molar-refractivity contribution in [3.63, 3.8) is 0 Å². The Labute approximate surface area is 87.5 Å². The number of hydrogen-bond acceptors (Lipinski definition) is 2. The third-order valence-corrected chi connectivity index (χ3v) is 2.93. The van der Waals surface area contributed by atoms with Gasteiger partial charge in [0.15, 0.2) is 0 Å². The summed E-state index contributed by atoms with van der Waals surface area (Å²) >= 11 is 5.97. The number of pyridine rings is 1. The summed E-state index contributed by atoms with van der Waals surface area (Å²) in [4.78, 5) is 3.89. The number of nitrogens with zero attached hydrogens (tertiary/aromatic N) is 1. The molecule has 2 atom stereocenters. The van der Waals surface area contributed by atoms with E-state index in [0.29, 0.717) is 11.6 Å². The summed E-state index contributed by atoms with van der Waals surface area (Å²) in [5.41, 5.74) is 0.885. The first-order valence-electron chi connectivity index (χ1n) is 4.73. The number of nitrogens with one attached hydrogen (secondary N) is 1. The molecule has 2 rings (SSSR count). The van der Waals surface area contributed by atoms with E-state index in [0.717, 1.165) is 18.5 Å². The number of piperidine rings is 1. The van der Waals surface area contributed by atoms with Gasteiger partial charge < -0.3 is 5.32 Å². The van der Waals surface area contributed by atoms with E-state index in [1.54, 1.807) is 12.4 Å². The Hall–Kier alpha value is -0.670. The van der Waals surface area contributed by atoms with E-state index >= 15 is 0 Å². The van der Waals surface area contributed by atoms with Gasteiger partial charge in [-0.05, 0) is 24.6 Å². The molecule has 1 N–H and O–H groups in total. The Morgan fingerprint density at radius 2 is 2.43 bits per heavy atom. The molecule has 0 amide bonds. The van der Waals surface area contributed by atoms with Gasteiger partial charge in [-0.1, -0.05) is 11.6 Å². The number of rotatable bonds is 1. The molecule has 0 aliphatic carbocycles. The van der Waals surface area contributed by atoms with Crippen LogP contribution in [-0.4, -0.2) is 24.2 Å². The summed E-state index contributed by atoms with van der Waals surface area (Å²) in [6.07, 6.45) is 3.19. The minimum Gasteiger partial charge on any atom is -0.314 e. The molecule has 1 aromatic heterocycles. The zero-order valence-corrected chi connectivity index (χ0v) is 8.47. The Kier molecular flexibility index (Phi) is 2.99. The number of hydrogen-bond donors (Lipinski definition) is 1. The molecule has 1 aliphatic rings. The van der Waals surface area contributed by atoms with Gasteiger partial charge in [0, 0.05) is 24.9 Å². The van der Waals surface area contributed by atoms with Gasteiger partial charge in [0.2, 0.25) is 0 Å². The molecule has 2 nitrogen and oxygen atoms in total. The largest absolute Gasteiger partial charge is 0.314 e. The second-order valence-electron chi connectivity index (χ2n) is 3.51. The molecule has 0 aromatic carbocycles. The highest BCUT2D eigenvalue weighted by Crippen LogP contribution is 2.31. The second-order valence-corrected chi connectivity index (χ2v) is 3.92. The maximum atomic E-state index is 13.6. The third-order valence-electron chi connectivity index (χ3n) is 2.61. The lowest BCUT2D eigenvalue weighted by molar-refractivity contribution is 0.231. The lowest BCUT2D eigenvalue weighted by Crippen LogP contribution is -2.36. The zero-order valence-electron chi connectivity index (χ0n) is 7.71. The zero-order chi connectivity index (χ0) is 9.97. The van der Waals surface area contributed by atoms with E-state index in [4.69, 9.17) is 11.6 Å². The standard InChI is InChI=1S/C10H12ClFN2/c11-9-5-13-3-1-7(9)8-2-4-14-6-10(8)12/h1,3,5,8,10,14H,2,4,6H2. The molecular formula is C10H12ClFN2. The molecule has 14 heavy (non-hydrogen) atoms. The van der Waals surface area contributed by atoms with Crippen LogP contribution in [0.3, 0.4) is 0 Å². The van der Waals surface area contributed by atoms with Crippen molar-refractivity contribution in [2.75, 3.05) is 13.1 Å². The van der Waals surface area contributed by atoms with Gasteiger partial charge >= 0.3 is 0 Å². The first kappa shape index (κ1) is 9.87. The van der Waals surface area contributed by atoms with Gasteiger partial charge in [0.05, 0.1) is 5.02 Å². The first-order chi connectivity index (χ1) is 6.79. The van der Waals surface area contributed by atoms with Crippen molar-refractivity contribution < 1.29 is 4.39 Å². The Morgan fingerprint density at radius 1 is 1.57 bits per heavy atom. The smallest absolute Gasteiger partial charge is 0.119 e. The fourth-order valence-electron chi connectivity index (χ4n) is 1.86. The van der Waals surface area contributed by atoms with Crippen LogP contribution in [0.4, 0.5) is 4.39 Å². The maximum absolute atomic E-state index is 13.6. The van der Waals surface area contributed by atoms with Crippen LogP contribution in [0.2, 0.25) is 5.02 Å². The SMILES string of the molecule is FC1CNCCC1c1ccncc1Cl. The molecule has 1 aromatic rings. The van der Waals surface area contributed by atoms with Crippen LogP contribution >= 0.6 is 11.6 Å². The molecule has 1 fully saturated rings. The van der Waals surface area contributed by atoms with Gasteiger partial charge in [0.1, 0.15) is 6.17 Å². The topological polar surface area (TPSA) is 24.9 Å². The van der Waals surface area contributed by atoms with Gasteiger partial charge in [-0.3, -0.25) is 4.98 Å². The quantitative estimate of drug-likeness (QED) is 0.775. The van der Waals surface area contributed by atoms with Crippen molar-refractivity contribution >= 4 is 11.6 Å².